The fourth-order valence-electron chi connectivity index (χ4n) is 8.09. The van der Waals surface area contributed by atoms with Crippen LogP contribution in [-0.2, 0) is 17.8 Å². The van der Waals surface area contributed by atoms with E-state index in [1.165, 1.54) is 155 Å². The van der Waals surface area contributed by atoms with Crippen molar-refractivity contribution in [1.29, 1.82) is 0 Å². The molecule has 2 aromatic carbocycles. The van der Waals surface area contributed by atoms with Crippen LogP contribution in [-0.4, -0.2) is 108 Å². The van der Waals surface area contributed by atoms with Gasteiger partial charge in [-0.2, -0.15) is 0 Å². The molecule has 2 fully saturated rings. The summed E-state index contributed by atoms with van der Waals surface area (Å²) in [7, 11) is 4.32. The van der Waals surface area contributed by atoms with Gasteiger partial charge in [0.15, 0.2) is 0 Å². The van der Waals surface area contributed by atoms with Crippen molar-refractivity contribution >= 4 is 23.2 Å². The molecule has 0 amide bonds. The van der Waals surface area contributed by atoms with Crippen LogP contribution in [0.2, 0.25) is 10.0 Å². The normalized spacial score (nSPS) is 16.7. The molecule has 4 rings (SSSR count). The van der Waals surface area contributed by atoms with Gasteiger partial charge in [0.2, 0.25) is 0 Å². The lowest BCUT2D eigenvalue weighted by molar-refractivity contribution is -0.0650. The summed E-state index contributed by atoms with van der Waals surface area (Å²) in [4.78, 5) is 10.0. The number of ether oxygens (including phenoxy) is 1. The molecule has 2 aliphatic rings. The third kappa shape index (κ3) is 18.3. The molecule has 2 heterocycles. The van der Waals surface area contributed by atoms with Crippen LogP contribution in [0.25, 0.3) is 0 Å². The van der Waals surface area contributed by atoms with Crippen molar-refractivity contribution in [2.24, 2.45) is 0 Å². The summed E-state index contributed by atoms with van der Waals surface area (Å²) in [5, 5.41) is 20.1. The van der Waals surface area contributed by atoms with Crippen molar-refractivity contribution in [3.8, 4) is 11.5 Å². The highest BCUT2D eigenvalue weighted by atomic mass is 35.5. The molecule has 53 heavy (non-hydrogen) atoms. The van der Waals surface area contributed by atoms with Gasteiger partial charge in [0.1, 0.15) is 11.5 Å². The second-order valence-electron chi connectivity index (χ2n) is 16.2. The molecule has 0 spiro atoms. The van der Waals surface area contributed by atoms with Crippen LogP contribution in [0.4, 0.5) is 0 Å². The van der Waals surface area contributed by atoms with Gasteiger partial charge < -0.3 is 34.5 Å². The molecule has 0 unspecified atom stereocenters. The number of phenols is 2. The Labute approximate surface area is 333 Å². The number of likely N-dealkylation sites (tertiary alicyclic amines) is 2. The average molecular weight is 776 g/mol. The molecule has 0 bridgehead atoms. The zero-order chi connectivity index (χ0) is 37.7. The molecule has 2 N–H and O–H groups in total. The van der Waals surface area contributed by atoms with E-state index in [1.54, 1.807) is 12.1 Å². The van der Waals surface area contributed by atoms with Crippen molar-refractivity contribution in [1.82, 2.24) is 19.6 Å². The monoisotopic (exact) mass is 774 g/mol. The van der Waals surface area contributed by atoms with E-state index in [9.17, 15) is 10.2 Å². The van der Waals surface area contributed by atoms with Gasteiger partial charge in [-0.25, -0.2) is 0 Å². The van der Waals surface area contributed by atoms with Crippen LogP contribution < -0.4 is 0 Å². The molecule has 300 valence electrons. The molecule has 0 atom stereocenters. The number of unbranched alkanes of at least 4 members (excludes halogenated alkanes) is 12. The Morgan fingerprint density at radius 3 is 1.25 bits per heavy atom. The summed E-state index contributed by atoms with van der Waals surface area (Å²) in [6.45, 7) is 11.3. The number of piperidine rings is 2. The molecule has 2 aromatic rings. The van der Waals surface area contributed by atoms with Crippen LogP contribution in [0.3, 0.4) is 0 Å². The smallest absolute Gasteiger partial charge is 0.134 e. The molecule has 9 heteroatoms. The minimum atomic E-state index is 0.155. The number of benzene rings is 2. The van der Waals surface area contributed by atoms with E-state index < -0.39 is 0 Å². The molecule has 2 aliphatic heterocycles. The Bertz CT molecular complexity index is 1170. The third-order valence-electron chi connectivity index (χ3n) is 11.4. The van der Waals surface area contributed by atoms with Crippen LogP contribution in [0.5, 0.6) is 11.5 Å². The van der Waals surface area contributed by atoms with Crippen molar-refractivity contribution in [2.75, 3.05) is 66.5 Å². The van der Waals surface area contributed by atoms with Crippen LogP contribution in [0.1, 0.15) is 127 Å². The molecule has 0 aliphatic carbocycles. The zero-order valence-electron chi connectivity index (χ0n) is 33.3. The highest BCUT2D eigenvalue weighted by Crippen LogP contribution is 2.26. The zero-order valence-corrected chi connectivity index (χ0v) is 34.8. The summed E-state index contributed by atoms with van der Waals surface area (Å²) < 4.78 is 6.63. The largest absolute Gasteiger partial charge is 0.506 e. The number of halogens is 2. The van der Waals surface area contributed by atoms with E-state index in [0.717, 1.165) is 37.3 Å². The first kappa shape index (κ1) is 44.1. The van der Waals surface area contributed by atoms with E-state index >= 15 is 0 Å². The Morgan fingerprint density at radius 1 is 0.547 bits per heavy atom. The minimum absolute atomic E-state index is 0.155. The number of rotatable bonds is 26. The second-order valence-corrected chi connectivity index (χ2v) is 17.0. The molecule has 0 aromatic heterocycles. The number of hydrogen-bond donors (Lipinski definition) is 2. The molecule has 0 saturated carbocycles. The standard InChI is InChI=1S/C44H72Cl2N4O3/c1-47(35-37-17-19-43(51)41(45)33-37)25-13-9-5-3-7-11-15-27-49-29-21-39(22-30-49)53-40-23-31-50(32-24-40)28-16-12-8-4-6-10-14-26-48(2)36-38-18-20-44(52)42(46)34-38/h17-20,33-34,39-40,51-52H,3-16,21-32,35-36H2,1-2H3. The van der Waals surface area contributed by atoms with Crippen LogP contribution in [0.15, 0.2) is 36.4 Å². The highest BCUT2D eigenvalue weighted by molar-refractivity contribution is 6.32. The second kappa shape index (κ2) is 25.6. The number of phenolic OH excluding ortho intramolecular Hbond substituents is 2. The SMILES string of the molecule is CN(CCCCCCCCCN1CCC(OC2CCN(CCCCCCCCCN(C)Cc3ccc(O)c(Cl)c3)CC2)CC1)Cc1ccc(O)c(Cl)c1. The lowest BCUT2D eigenvalue weighted by atomic mass is 10.0. The van der Waals surface area contributed by atoms with Gasteiger partial charge in [-0.3, -0.25) is 0 Å². The molecule has 0 radical (unpaired) electrons. The first-order valence-corrected chi connectivity index (χ1v) is 21.9. The third-order valence-corrected chi connectivity index (χ3v) is 12.0. The predicted octanol–water partition coefficient (Wildman–Crippen LogP) is 10.4. The predicted molar refractivity (Wildman–Crippen MR) is 224 cm³/mol. The first-order chi connectivity index (χ1) is 25.7. The van der Waals surface area contributed by atoms with E-state index in [1.807, 2.05) is 24.3 Å². The van der Waals surface area contributed by atoms with Crippen molar-refractivity contribution in [3.05, 3.63) is 57.6 Å². The fraction of sp³-hybridized carbons (Fsp3) is 0.727. The number of hydrogen-bond acceptors (Lipinski definition) is 7. The lowest BCUT2D eigenvalue weighted by Gasteiger charge is -2.37. The Morgan fingerprint density at radius 2 is 0.887 bits per heavy atom. The summed E-state index contributed by atoms with van der Waals surface area (Å²) in [6.07, 6.45) is 24.3. The van der Waals surface area contributed by atoms with E-state index in [4.69, 9.17) is 27.9 Å². The number of nitrogens with zero attached hydrogens (tertiary/aromatic N) is 4. The first-order valence-electron chi connectivity index (χ1n) is 21.2. The van der Waals surface area contributed by atoms with Gasteiger partial charge in [0.25, 0.3) is 0 Å². The van der Waals surface area contributed by atoms with Gasteiger partial charge in [0, 0.05) is 39.3 Å². The van der Waals surface area contributed by atoms with Gasteiger partial charge in [-0.15, -0.1) is 0 Å². The van der Waals surface area contributed by atoms with Gasteiger partial charge in [-0.1, -0.05) is 99.5 Å². The minimum Gasteiger partial charge on any atom is -0.506 e. The lowest BCUT2D eigenvalue weighted by Crippen LogP contribution is -2.42. The summed E-state index contributed by atoms with van der Waals surface area (Å²) in [6, 6.07) is 11.0. The van der Waals surface area contributed by atoms with Gasteiger partial charge in [0.05, 0.1) is 22.3 Å². The average Bonchev–Trinajstić information content (AvgIpc) is 3.14. The summed E-state index contributed by atoms with van der Waals surface area (Å²) in [5.74, 6) is 0.310. The Hall–Kier alpha value is -1.58. The topological polar surface area (TPSA) is 62.7 Å². The van der Waals surface area contributed by atoms with Crippen LogP contribution >= 0.6 is 23.2 Å². The maximum Gasteiger partial charge on any atom is 0.134 e. The quantitative estimate of drug-likeness (QED) is 0.0923. The van der Waals surface area contributed by atoms with Gasteiger partial charge in [-0.05, 0) is 127 Å². The molecular formula is C44H72Cl2N4O3. The van der Waals surface area contributed by atoms with E-state index in [0.29, 0.717) is 22.3 Å². The Kier molecular flexibility index (Phi) is 21.3. The molecule has 2 saturated heterocycles. The molecule has 7 nitrogen and oxygen atoms in total. The summed E-state index contributed by atoms with van der Waals surface area (Å²) >= 11 is 12.1. The maximum absolute atomic E-state index is 9.60. The fourth-order valence-corrected chi connectivity index (χ4v) is 8.50. The van der Waals surface area contributed by atoms with Gasteiger partial charge >= 0.3 is 0 Å². The highest BCUT2D eigenvalue weighted by Gasteiger charge is 2.25. The van der Waals surface area contributed by atoms with Crippen molar-refractivity contribution in [3.63, 3.8) is 0 Å². The van der Waals surface area contributed by atoms with E-state index in [2.05, 4.69) is 33.7 Å². The number of aromatic hydroxyl groups is 2. The van der Waals surface area contributed by atoms with Crippen LogP contribution in [0, 0.1) is 0 Å². The maximum atomic E-state index is 9.60. The Balaban J connectivity index is 0.885. The molecular weight excluding hydrogens is 703 g/mol. The van der Waals surface area contributed by atoms with Crippen molar-refractivity contribution in [2.45, 2.75) is 141 Å². The summed E-state index contributed by atoms with van der Waals surface area (Å²) in [5.41, 5.74) is 2.30. The van der Waals surface area contributed by atoms with E-state index in [-0.39, 0.29) is 11.5 Å². The van der Waals surface area contributed by atoms with Crippen molar-refractivity contribution < 1.29 is 14.9 Å².